The molecule has 2 aromatic carbocycles. The van der Waals surface area contributed by atoms with Gasteiger partial charge in [-0.1, -0.05) is 59.3 Å². The summed E-state index contributed by atoms with van der Waals surface area (Å²) in [6, 6.07) is 15.0. The van der Waals surface area contributed by atoms with Gasteiger partial charge in [-0.05, 0) is 44.4 Å². The molecule has 1 N–H and O–H groups in total. The Hall–Kier alpha value is -2.44. The molecular weight excluding hydrogens is 348 g/mol. The molecule has 0 aliphatic rings. The van der Waals surface area contributed by atoms with E-state index in [-0.39, 0.29) is 10.7 Å². The van der Waals surface area contributed by atoms with Gasteiger partial charge in [0.25, 0.3) is 0 Å². The highest BCUT2D eigenvalue weighted by Crippen LogP contribution is 2.29. The Morgan fingerprint density at radius 3 is 2.27 bits per heavy atom. The smallest absolute Gasteiger partial charge is 0.246 e. The largest absolute Gasteiger partial charge is 0.360 e. The Morgan fingerprint density at radius 1 is 1.00 bits per heavy atom. The van der Waals surface area contributed by atoms with E-state index >= 15 is 0 Å². The molecule has 1 aromatic heterocycles. The first-order valence-electron chi connectivity index (χ1n) is 8.37. The molecule has 5 nitrogen and oxygen atoms in total. The predicted octanol–water partition coefficient (Wildman–Crippen LogP) is 3.98. The summed E-state index contributed by atoms with van der Waals surface area (Å²) in [5.41, 5.74) is 4.29. The van der Waals surface area contributed by atoms with Crippen LogP contribution in [0.15, 0.2) is 57.9 Å². The lowest BCUT2D eigenvalue weighted by molar-refractivity contribution is 0.390. The molecular formula is C20H22N2O3S. The van der Waals surface area contributed by atoms with Crippen LogP contribution >= 0.6 is 0 Å². The van der Waals surface area contributed by atoms with Crippen molar-refractivity contribution in [3.05, 3.63) is 82.2 Å². The standard InChI is InChI=1S/C20H22N2O3S/c1-13-10-11-18(14(2)12-13)19(17-8-6-5-7-9-17)22-26(23,24)20-15(3)21-25-16(20)4/h5-12,19,22H,1-4H3/t19-/m1/s1. The zero-order chi connectivity index (χ0) is 18.9. The normalized spacial score (nSPS) is 12.9. The summed E-state index contributed by atoms with van der Waals surface area (Å²) in [5.74, 6) is 0.280. The second-order valence-corrected chi connectivity index (χ2v) is 8.13. The molecule has 1 atom stereocenters. The van der Waals surface area contributed by atoms with Gasteiger partial charge in [0.2, 0.25) is 10.0 Å². The van der Waals surface area contributed by atoms with Crippen LogP contribution in [0.1, 0.15) is 39.7 Å². The summed E-state index contributed by atoms with van der Waals surface area (Å²) in [6.07, 6.45) is 0. The topological polar surface area (TPSA) is 72.2 Å². The molecule has 26 heavy (non-hydrogen) atoms. The van der Waals surface area contributed by atoms with Crippen LogP contribution in [0.3, 0.4) is 0 Å². The molecule has 0 saturated carbocycles. The van der Waals surface area contributed by atoms with Crippen molar-refractivity contribution in [2.45, 2.75) is 38.6 Å². The highest BCUT2D eigenvalue weighted by molar-refractivity contribution is 7.89. The molecule has 3 rings (SSSR count). The quantitative estimate of drug-likeness (QED) is 0.737. The van der Waals surface area contributed by atoms with Crippen molar-refractivity contribution in [3.63, 3.8) is 0 Å². The van der Waals surface area contributed by atoms with Crippen LogP contribution < -0.4 is 4.72 Å². The van der Waals surface area contributed by atoms with Crippen molar-refractivity contribution >= 4 is 10.0 Å². The predicted molar refractivity (Wildman–Crippen MR) is 100 cm³/mol. The van der Waals surface area contributed by atoms with E-state index < -0.39 is 16.1 Å². The van der Waals surface area contributed by atoms with E-state index in [0.29, 0.717) is 5.69 Å². The molecule has 0 aliphatic heterocycles. The summed E-state index contributed by atoms with van der Waals surface area (Å²) >= 11 is 0. The lowest BCUT2D eigenvalue weighted by Crippen LogP contribution is -2.30. The van der Waals surface area contributed by atoms with E-state index in [2.05, 4.69) is 15.9 Å². The molecule has 1 heterocycles. The Kier molecular flexibility index (Phi) is 4.98. The molecule has 0 spiro atoms. The van der Waals surface area contributed by atoms with Gasteiger partial charge in [0.1, 0.15) is 10.6 Å². The highest BCUT2D eigenvalue weighted by atomic mass is 32.2. The number of aromatic nitrogens is 1. The number of hydrogen-bond donors (Lipinski definition) is 1. The maximum Gasteiger partial charge on any atom is 0.246 e. The van der Waals surface area contributed by atoms with E-state index in [1.807, 2.05) is 56.3 Å². The van der Waals surface area contributed by atoms with Crippen LogP contribution in [0.5, 0.6) is 0 Å². The highest BCUT2D eigenvalue weighted by Gasteiger charge is 2.29. The third kappa shape index (κ3) is 3.57. The van der Waals surface area contributed by atoms with Gasteiger partial charge in [-0.15, -0.1) is 0 Å². The summed E-state index contributed by atoms with van der Waals surface area (Å²) < 4.78 is 34.0. The number of sulfonamides is 1. The monoisotopic (exact) mass is 370 g/mol. The molecule has 0 unspecified atom stereocenters. The average molecular weight is 370 g/mol. The molecule has 0 bridgehead atoms. The Labute approximate surface area is 154 Å². The molecule has 0 radical (unpaired) electrons. The molecule has 0 aliphatic carbocycles. The van der Waals surface area contributed by atoms with E-state index in [1.54, 1.807) is 13.8 Å². The molecule has 6 heteroatoms. The number of nitrogens with one attached hydrogen (secondary N) is 1. The SMILES string of the molecule is Cc1ccc([C@H](NS(=O)(=O)c2c(C)noc2C)c2ccccc2)c(C)c1. The minimum Gasteiger partial charge on any atom is -0.360 e. The number of rotatable bonds is 5. The molecule has 0 saturated heterocycles. The van der Waals surface area contributed by atoms with Gasteiger partial charge in [0, 0.05) is 0 Å². The lowest BCUT2D eigenvalue weighted by atomic mass is 9.95. The van der Waals surface area contributed by atoms with Gasteiger partial charge in [-0.3, -0.25) is 0 Å². The van der Waals surface area contributed by atoms with Crippen molar-refractivity contribution in [2.24, 2.45) is 0 Å². The summed E-state index contributed by atoms with van der Waals surface area (Å²) in [7, 11) is -3.81. The van der Waals surface area contributed by atoms with Crippen LogP contribution in [0, 0.1) is 27.7 Å². The first-order valence-corrected chi connectivity index (χ1v) is 9.85. The first kappa shape index (κ1) is 18.4. The van der Waals surface area contributed by atoms with Crippen LogP contribution in [0.2, 0.25) is 0 Å². The summed E-state index contributed by atoms with van der Waals surface area (Å²) in [4.78, 5) is 0.100. The van der Waals surface area contributed by atoms with Gasteiger partial charge >= 0.3 is 0 Å². The van der Waals surface area contributed by atoms with Crippen LogP contribution in [0.25, 0.3) is 0 Å². The van der Waals surface area contributed by atoms with Crippen molar-refractivity contribution in [1.82, 2.24) is 9.88 Å². The minimum absolute atomic E-state index is 0.100. The number of benzene rings is 2. The summed E-state index contributed by atoms with van der Waals surface area (Å²) in [5, 5.41) is 3.77. The van der Waals surface area contributed by atoms with Crippen molar-refractivity contribution < 1.29 is 12.9 Å². The van der Waals surface area contributed by atoms with E-state index in [9.17, 15) is 8.42 Å². The summed E-state index contributed by atoms with van der Waals surface area (Å²) in [6.45, 7) is 7.23. The minimum atomic E-state index is -3.81. The molecule has 0 amide bonds. The maximum atomic E-state index is 13.1. The fraction of sp³-hybridized carbons (Fsp3) is 0.250. The van der Waals surface area contributed by atoms with Gasteiger partial charge in [0.15, 0.2) is 5.76 Å². The van der Waals surface area contributed by atoms with E-state index in [4.69, 9.17) is 4.52 Å². The van der Waals surface area contributed by atoms with E-state index in [0.717, 1.165) is 22.3 Å². The fourth-order valence-corrected chi connectivity index (χ4v) is 4.71. The van der Waals surface area contributed by atoms with Gasteiger partial charge in [0.05, 0.1) is 6.04 Å². The van der Waals surface area contributed by atoms with Gasteiger partial charge < -0.3 is 4.52 Å². The second kappa shape index (κ2) is 7.05. The first-order chi connectivity index (χ1) is 12.3. The second-order valence-electron chi connectivity index (χ2n) is 6.48. The number of hydrogen-bond acceptors (Lipinski definition) is 4. The third-order valence-corrected chi connectivity index (χ3v) is 6.05. The van der Waals surface area contributed by atoms with Crippen molar-refractivity contribution in [2.75, 3.05) is 0 Å². The van der Waals surface area contributed by atoms with Gasteiger partial charge in [-0.25, -0.2) is 8.42 Å². The maximum absolute atomic E-state index is 13.1. The van der Waals surface area contributed by atoms with Crippen molar-refractivity contribution in [1.29, 1.82) is 0 Å². The Balaban J connectivity index is 2.10. The van der Waals surface area contributed by atoms with Crippen molar-refractivity contribution in [3.8, 4) is 0 Å². The zero-order valence-electron chi connectivity index (χ0n) is 15.3. The molecule has 3 aromatic rings. The number of nitrogens with zero attached hydrogens (tertiary/aromatic N) is 1. The lowest BCUT2D eigenvalue weighted by Gasteiger charge is -2.22. The third-order valence-electron chi connectivity index (χ3n) is 4.38. The Morgan fingerprint density at radius 2 is 1.69 bits per heavy atom. The Bertz CT molecular complexity index is 1000. The average Bonchev–Trinajstić information content (AvgIpc) is 2.93. The molecule has 0 fully saturated rings. The fourth-order valence-electron chi connectivity index (χ4n) is 3.18. The van der Waals surface area contributed by atoms with Gasteiger partial charge in [-0.2, -0.15) is 4.72 Å². The van der Waals surface area contributed by atoms with Crippen LogP contribution in [-0.2, 0) is 10.0 Å². The van der Waals surface area contributed by atoms with E-state index in [1.165, 1.54) is 0 Å². The number of aryl methyl sites for hydroxylation is 4. The van der Waals surface area contributed by atoms with Crippen LogP contribution in [-0.4, -0.2) is 13.6 Å². The van der Waals surface area contributed by atoms with Crippen LogP contribution in [0.4, 0.5) is 0 Å². The molecule has 136 valence electrons. The zero-order valence-corrected chi connectivity index (χ0v) is 16.1.